The fourth-order valence-electron chi connectivity index (χ4n) is 1.40. The van der Waals surface area contributed by atoms with Gasteiger partial charge >= 0.3 is 0 Å². The average Bonchev–Trinajstić information content (AvgIpc) is 2.64. The van der Waals surface area contributed by atoms with Crippen molar-refractivity contribution < 1.29 is 9.18 Å². The van der Waals surface area contributed by atoms with Crippen LogP contribution in [-0.4, -0.2) is 15.7 Å². The highest BCUT2D eigenvalue weighted by Gasteiger charge is 2.13. The number of benzene rings is 1. The highest BCUT2D eigenvalue weighted by molar-refractivity contribution is 14.1. The molecule has 0 aliphatic rings. The summed E-state index contributed by atoms with van der Waals surface area (Å²) >= 11 is 2.05. The molecule has 1 amide bonds. The number of nitrogens with two attached hydrogens (primary N) is 2. The smallest absolute Gasteiger partial charge is 0.250 e. The van der Waals surface area contributed by atoms with Gasteiger partial charge in [0.1, 0.15) is 5.69 Å². The maximum absolute atomic E-state index is 13.7. The van der Waals surface area contributed by atoms with Gasteiger partial charge in [-0.15, -0.1) is 0 Å². The molecular weight excluding hydrogens is 338 g/mol. The number of primary amides is 1. The SMILES string of the molecule is NC(=O)c1cc(-n2cc(I)cn2)c(F)cc1N. The van der Waals surface area contributed by atoms with E-state index in [9.17, 15) is 9.18 Å². The zero-order chi connectivity index (χ0) is 12.6. The van der Waals surface area contributed by atoms with E-state index < -0.39 is 11.7 Å². The quantitative estimate of drug-likeness (QED) is 0.635. The third-order valence-corrected chi connectivity index (χ3v) is 2.74. The normalized spacial score (nSPS) is 10.5. The molecule has 2 aromatic rings. The fourth-order valence-corrected chi connectivity index (χ4v) is 1.79. The van der Waals surface area contributed by atoms with Crippen molar-refractivity contribution >= 4 is 34.2 Å². The third kappa shape index (κ3) is 2.23. The molecule has 0 spiro atoms. The van der Waals surface area contributed by atoms with Crippen LogP contribution in [0.3, 0.4) is 0 Å². The van der Waals surface area contributed by atoms with Gasteiger partial charge in [-0.2, -0.15) is 5.10 Å². The Morgan fingerprint density at radius 3 is 2.71 bits per heavy atom. The summed E-state index contributed by atoms with van der Waals surface area (Å²) in [6.07, 6.45) is 3.19. The molecule has 1 aromatic carbocycles. The van der Waals surface area contributed by atoms with Crippen LogP contribution in [0.5, 0.6) is 0 Å². The molecular formula is C10H8FIN4O. The predicted octanol–water partition coefficient (Wildman–Crippen LogP) is 1.30. The highest BCUT2D eigenvalue weighted by atomic mass is 127. The lowest BCUT2D eigenvalue weighted by Crippen LogP contribution is -2.15. The van der Waals surface area contributed by atoms with E-state index in [2.05, 4.69) is 5.10 Å². The van der Waals surface area contributed by atoms with Gasteiger partial charge in [-0.05, 0) is 34.7 Å². The van der Waals surface area contributed by atoms with E-state index in [1.807, 2.05) is 22.6 Å². The van der Waals surface area contributed by atoms with Gasteiger partial charge in [0.05, 0.1) is 15.3 Å². The van der Waals surface area contributed by atoms with Crippen LogP contribution in [0.15, 0.2) is 24.5 Å². The Bertz CT molecular complexity index is 596. The van der Waals surface area contributed by atoms with E-state index in [4.69, 9.17) is 11.5 Å². The van der Waals surface area contributed by atoms with Crippen molar-refractivity contribution in [2.24, 2.45) is 5.73 Å². The average molecular weight is 346 g/mol. The topological polar surface area (TPSA) is 86.9 Å². The molecule has 88 valence electrons. The molecule has 7 heteroatoms. The predicted molar refractivity (Wildman–Crippen MR) is 69.2 cm³/mol. The van der Waals surface area contributed by atoms with Gasteiger partial charge in [-0.1, -0.05) is 0 Å². The van der Waals surface area contributed by atoms with Crippen molar-refractivity contribution in [3.05, 3.63) is 39.5 Å². The number of anilines is 1. The number of hydrogen-bond acceptors (Lipinski definition) is 3. The number of halogens is 2. The number of nitrogens with zero attached hydrogens (tertiary/aromatic N) is 2. The maximum Gasteiger partial charge on any atom is 0.250 e. The summed E-state index contributed by atoms with van der Waals surface area (Å²) in [6, 6.07) is 2.35. The van der Waals surface area contributed by atoms with Crippen molar-refractivity contribution in [2.75, 3.05) is 5.73 Å². The molecule has 0 saturated carbocycles. The Kier molecular flexibility index (Phi) is 3.01. The lowest BCUT2D eigenvalue weighted by atomic mass is 10.1. The van der Waals surface area contributed by atoms with Gasteiger partial charge in [0.25, 0.3) is 5.91 Å². The summed E-state index contributed by atoms with van der Waals surface area (Å²) in [5.74, 6) is -1.27. The second-order valence-corrected chi connectivity index (χ2v) is 4.60. The van der Waals surface area contributed by atoms with E-state index in [1.165, 1.54) is 10.7 Å². The van der Waals surface area contributed by atoms with Crippen molar-refractivity contribution in [3.8, 4) is 5.69 Å². The van der Waals surface area contributed by atoms with Crippen LogP contribution in [-0.2, 0) is 0 Å². The molecule has 0 saturated heterocycles. The number of rotatable bonds is 2. The van der Waals surface area contributed by atoms with Gasteiger partial charge in [0.15, 0.2) is 5.82 Å². The Morgan fingerprint density at radius 1 is 1.47 bits per heavy atom. The molecule has 4 N–H and O–H groups in total. The lowest BCUT2D eigenvalue weighted by Gasteiger charge is -2.07. The number of amides is 1. The van der Waals surface area contributed by atoms with E-state index >= 15 is 0 Å². The maximum atomic E-state index is 13.7. The first-order valence-electron chi connectivity index (χ1n) is 4.58. The second kappa shape index (κ2) is 4.32. The lowest BCUT2D eigenvalue weighted by molar-refractivity contribution is 0.100. The Labute approximate surface area is 110 Å². The molecule has 1 aromatic heterocycles. The van der Waals surface area contributed by atoms with E-state index in [1.54, 1.807) is 12.4 Å². The van der Waals surface area contributed by atoms with Crippen molar-refractivity contribution in [1.29, 1.82) is 0 Å². The molecule has 1 heterocycles. The van der Waals surface area contributed by atoms with Crippen molar-refractivity contribution in [1.82, 2.24) is 9.78 Å². The van der Waals surface area contributed by atoms with Crippen LogP contribution in [0.1, 0.15) is 10.4 Å². The Balaban J connectivity index is 2.62. The van der Waals surface area contributed by atoms with Gasteiger partial charge < -0.3 is 11.5 Å². The largest absolute Gasteiger partial charge is 0.398 e. The van der Waals surface area contributed by atoms with Gasteiger partial charge in [-0.3, -0.25) is 4.79 Å². The first kappa shape index (κ1) is 11.8. The first-order valence-corrected chi connectivity index (χ1v) is 5.66. The number of carbonyl (C=O) groups is 1. The monoisotopic (exact) mass is 346 g/mol. The van der Waals surface area contributed by atoms with Crippen LogP contribution < -0.4 is 11.5 Å². The number of aromatic nitrogens is 2. The summed E-state index contributed by atoms with van der Waals surface area (Å²) in [6.45, 7) is 0. The number of nitrogen functional groups attached to an aromatic ring is 1. The summed E-state index contributed by atoms with van der Waals surface area (Å²) < 4.78 is 15.9. The summed E-state index contributed by atoms with van der Waals surface area (Å²) in [5, 5.41) is 3.95. The van der Waals surface area contributed by atoms with Crippen molar-refractivity contribution in [3.63, 3.8) is 0 Å². The minimum atomic E-state index is -0.703. The van der Waals surface area contributed by atoms with Gasteiger partial charge in [-0.25, -0.2) is 9.07 Å². The first-order chi connectivity index (χ1) is 7.99. The summed E-state index contributed by atoms with van der Waals surface area (Å²) in [7, 11) is 0. The van der Waals surface area contributed by atoms with Crippen LogP contribution in [0, 0.1) is 9.39 Å². The molecule has 17 heavy (non-hydrogen) atoms. The molecule has 0 fully saturated rings. The van der Waals surface area contributed by atoms with E-state index in [0.29, 0.717) is 0 Å². The molecule has 2 rings (SSSR count). The van der Waals surface area contributed by atoms with E-state index in [0.717, 1.165) is 9.64 Å². The molecule has 0 aliphatic heterocycles. The third-order valence-electron chi connectivity index (χ3n) is 2.18. The van der Waals surface area contributed by atoms with Crippen LogP contribution >= 0.6 is 22.6 Å². The van der Waals surface area contributed by atoms with Gasteiger partial charge in [0, 0.05) is 11.9 Å². The molecule has 0 radical (unpaired) electrons. The van der Waals surface area contributed by atoms with E-state index in [-0.39, 0.29) is 16.9 Å². The second-order valence-electron chi connectivity index (χ2n) is 3.36. The molecule has 0 unspecified atom stereocenters. The zero-order valence-corrected chi connectivity index (χ0v) is 10.7. The number of hydrogen-bond donors (Lipinski definition) is 2. The molecule has 0 bridgehead atoms. The summed E-state index contributed by atoms with van der Waals surface area (Å²) in [4.78, 5) is 11.1. The summed E-state index contributed by atoms with van der Waals surface area (Å²) in [5.41, 5.74) is 10.9. The Morgan fingerprint density at radius 2 is 2.18 bits per heavy atom. The van der Waals surface area contributed by atoms with Crippen molar-refractivity contribution in [2.45, 2.75) is 0 Å². The molecule has 0 atom stereocenters. The van der Waals surface area contributed by atoms with Gasteiger partial charge in [0.2, 0.25) is 0 Å². The fraction of sp³-hybridized carbons (Fsp3) is 0. The zero-order valence-electron chi connectivity index (χ0n) is 8.52. The van der Waals surface area contributed by atoms with Crippen LogP contribution in [0.2, 0.25) is 0 Å². The number of carbonyl (C=O) groups excluding carboxylic acids is 1. The highest BCUT2D eigenvalue weighted by Crippen LogP contribution is 2.21. The standard InChI is InChI=1S/C10H8FIN4O/c11-7-2-8(13)6(10(14)17)1-9(7)16-4-5(12)3-15-16/h1-4H,13H2,(H2,14,17). The minimum absolute atomic E-state index is 0.0144. The molecule has 0 aliphatic carbocycles. The van der Waals surface area contributed by atoms with Crippen LogP contribution in [0.4, 0.5) is 10.1 Å². The Hall–Kier alpha value is -1.64. The minimum Gasteiger partial charge on any atom is -0.398 e. The van der Waals surface area contributed by atoms with Crippen LogP contribution in [0.25, 0.3) is 5.69 Å². The molecule has 5 nitrogen and oxygen atoms in total.